The van der Waals surface area contributed by atoms with Crippen LogP contribution >= 0.6 is 11.3 Å². The van der Waals surface area contributed by atoms with E-state index in [1.165, 1.54) is 23.5 Å². The molecule has 0 fully saturated rings. The van der Waals surface area contributed by atoms with Gasteiger partial charge in [-0.3, -0.25) is 5.32 Å². The first kappa shape index (κ1) is 19.0. The van der Waals surface area contributed by atoms with Crippen molar-refractivity contribution >= 4 is 34.7 Å². The summed E-state index contributed by atoms with van der Waals surface area (Å²) in [6, 6.07) is 4.81. The minimum absolute atomic E-state index is 0.376. The molecule has 8 heteroatoms. The Kier molecular flexibility index (Phi) is 5.52. The lowest BCUT2D eigenvalue weighted by Gasteiger charge is -2.18. The monoisotopic (exact) mass is 370 g/mol. The van der Waals surface area contributed by atoms with E-state index in [-0.39, 0.29) is 0 Å². The van der Waals surface area contributed by atoms with Gasteiger partial charge in [-0.05, 0) is 44.5 Å². The third-order valence-electron chi connectivity index (χ3n) is 2.81. The summed E-state index contributed by atoms with van der Waals surface area (Å²) in [6.45, 7) is 5.27. The maximum Gasteiger partial charge on any atom is 0.416 e. The molecule has 1 amide bonds. The van der Waals surface area contributed by atoms with Crippen LogP contribution in [-0.4, -0.2) is 16.7 Å². The van der Waals surface area contributed by atoms with Gasteiger partial charge in [0.15, 0.2) is 5.13 Å². The minimum Gasteiger partial charge on any atom is -0.444 e. The van der Waals surface area contributed by atoms with Crippen molar-refractivity contribution in [3.63, 3.8) is 0 Å². The number of amides is 1. The predicted molar refractivity (Wildman–Crippen MR) is 92.3 cm³/mol. The van der Waals surface area contributed by atoms with Crippen LogP contribution in [0.2, 0.25) is 0 Å². The molecule has 0 radical (unpaired) electrons. The van der Waals surface area contributed by atoms with Gasteiger partial charge >= 0.3 is 12.3 Å². The zero-order chi connectivity index (χ0) is 18.7. The lowest BCUT2D eigenvalue weighted by molar-refractivity contribution is -0.137. The van der Waals surface area contributed by atoms with E-state index < -0.39 is 23.4 Å². The molecule has 0 aliphatic carbocycles. The molecular formula is C17H17F3N2O2S. The van der Waals surface area contributed by atoms with Crippen LogP contribution in [0.5, 0.6) is 0 Å². The number of nitrogens with one attached hydrogen (secondary N) is 1. The summed E-state index contributed by atoms with van der Waals surface area (Å²) in [6.07, 6.45) is -1.65. The van der Waals surface area contributed by atoms with Gasteiger partial charge in [-0.1, -0.05) is 18.2 Å². The molecule has 1 heterocycles. The number of aromatic nitrogens is 1. The Labute approximate surface area is 147 Å². The van der Waals surface area contributed by atoms with Crippen LogP contribution in [-0.2, 0) is 10.9 Å². The van der Waals surface area contributed by atoms with Crippen molar-refractivity contribution < 1.29 is 22.7 Å². The van der Waals surface area contributed by atoms with Crippen LogP contribution in [0.25, 0.3) is 12.2 Å². The number of rotatable bonds is 3. The van der Waals surface area contributed by atoms with E-state index in [2.05, 4.69) is 10.3 Å². The van der Waals surface area contributed by atoms with Crippen molar-refractivity contribution in [2.45, 2.75) is 32.5 Å². The Hall–Kier alpha value is -2.35. The van der Waals surface area contributed by atoms with E-state index >= 15 is 0 Å². The van der Waals surface area contributed by atoms with E-state index in [1.54, 1.807) is 38.3 Å². The fraction of sp³-hybridized carbons (Fsp3) is 0.294. The normalized spacial score (nSPS) is 12.4. The summed E-state index contributed by atoms with van der Waals surface area (Å²) >= 11 is 1.22. The van der Waals surface area contributed by atoms with Crippen molar-refractivity contribution in [2.75, 3.05) is 5.32 Å². The van der Waals surface area contributed by atoms with Gasteiger partial charge in [0.05, 0.1) is 11.3 Å². The average Bonchev–Trinajstić information content (AvgIpc) is 2.90. The Morgan fingerprint density at radius 1 is 1.16 bits per heavy atom. The maximum atomic E-state index is 12.5. The number of hydrogen-bond donors (Lipinski definition) is 1. The Morgan fingerprint density at radius 2 is 1.80 bits per heavy atom. The highest BCUT2D eigenvalue weighted by Gasteiger charge is 2.29. The minimum atomic E-state index is -4.35. The van der Waals surface area contributed by atoms with Crippen molar-refractivity contribution in [2.24, 2.45) is 0 Å². The average molecular weight is 370 g/mol. The number of hydrogen-bond acceptors (Lipinski definition) is 4. The molecule has 0 saturated carbocycles. The highest BCUT2D eigenvalue weighted by atomic mass is 32.1. The summed E-state index contributed by atoms with van der Waals surface area (Å²) in [5.74, 6) is 0. The molecule has 1 N–H and O–H groups in total. The zero-order valence-electron chi connectivity index (χ0n) is 13.8. The van der Waals surface area contributed by atoms with Crippen LogP contribution in [0, 0.1) is 0 Å². The molecule has 0 bridgehead atoms. The molecule has 0 atom stereocenters. The van der Waals surface area contributed by atoms with Crippen molar-refractivity contribution in [3.8, 4) is 0 Å². The second-order valence-electron chi connectivity index (χ2n) is 6.16. The molecule has 1 aromatic heterocycles. The first-order valence-electron chi connectivity index (χ1n) is 7.34. The molecule has 0 aliphatic heterocycles. The molecule has 1 aromatic carbocycles. The summed E-state index contributed by atoms with van der Waals surface area (Å²) in [7, 11) is 0. The van der Waals surface area contributed by atoms with Gasteiger partial charge < -0.3 is 4.74 Å². The smallest absolute Gasteiger partial charge is 0.416 e. The molecule has 0 spiro atoms. The van der Waals surface area contributed by atoms with Crippen LogP contribution in [0.4, 0.5) is 23.1 Å². The first-order chi connectivity index (χ1) is 11.5. The zero-order valence-corrected chi connectivity index (χ0v) is 14.7. The van der Waals surface area contributed by atoms with Crippen molar-refractivity contribution in [3.05, 3.63) is 46.5 Å². The van der Waals surface area contributed by atoms with Crippen LogP contribution in [0.1, 0.15) is 37.6 Å². The number of benzene rings is 1. The summed E-state index contributed by atoms with van der Waals surface area (Å²) in [4.78, 5) is 15.8. The third-order valence-corrected chi connectivity index (χ3v) is 3.59. The van der Waals surface area contributed by atoms with Crippen molar-refractivity contribution in [1.29, 1.82) is 0 Å². The van der Waals surface area contributed by atoms with E-state index in [9.17, 15) is 18.0 Å². The topological polar surface area (TPSA) is 51.2 Å². The lowest BCUT2D eigenvalue weighted by atomic mass is 10.1. The molecule has 25 heavy (non-hydrogen) atoms. The Balaban J connectivity index is 1.98. The highest BCUT2D eigenvalue weighted by molar-refractivity contribution is 7.14. The molecule has 0 aliphatic rings. The Bertz CT molecular complexity index is 759. The summed E-state index contributed by atoms with van der Waals surface area (Å²) in [5.41, 5.74) is -0.104. The van der Waals surface area contributed by atoms with Crippen LogP contribution in [0.3, 0.4) is 0 Å². The number of ether oxygens (including phenoxy) is 1. The van der Waals surface area contributed by atoms with E-state index in [1.807, 2.05) is 0 Å². The van der Waals surface area contributed by atoms with Crippen LogP contribution in [0.15, 0.2) is 29.6 Å². The Morgan fingerprint density at radius 3 is 2.36 bits per heavy atom. The van der Waals surface area contributed by atoms with Crippen LogP contribution < -0.4 is 5.32 Å². The maximum absolute atomic E-state index is 12.5. The van der Waals surface area contributed by atoms with Gasteiger partial charge in [-0.15, -0.1) is 11.3 Å². The van der Waals surface area contributed by atoms with E-state index in [4.69, 9.17) is 4.74 Å². The molecule has 4 nitrogen and oxygen atoms in total. The number of carbonyl (C=O) groups excluding carboxylic acids is 1. The molecular weight excluding hydrogens is 353 g/mol. The second kappa shape index (κ2) is 7.26. The fourth-order valence-corrected chi connectivity index (χ4v) is 2.44. The number of halogens is 3. The summed E-state index contributed by atoms with van der Waals surface area (Å²) in [5, 5.41) is 4.62. The molecule has 0 saturated heterocycles. The van der Waals surface area contributed by atoms with Gasteiger partial charge in [-0.2, -0.15) is 13.2 Å². The quantitative estimate of drug-likeness (QED) is 0.756. The predicted octanol–water partition coefficient (Wildman–Crippen LogP) is 5.68. The first-order valence-corrected chi connectivity index (χ1v) is 8.22. The number of nitrogens with zero attached hydrogens (tertiary/aromatic N) is 1. The van der Waals surface area contributed by atoms with Crippen molar-refractivity contribution in [1.82, 2.24) is 4.98 Å². The number of anilines is 1. The molecule has 2 rings (SSSR count). The van der Waals surface area contributed by atoms with Gasteiger partial charge in [0.2, 0.25) is 0 Å². The second-order valence-corrected chi connectivity index (χ2v) is 7.02. The standard InChI is InChI=1S/C17H17F3N2O2S/c1-16(2,3)24-15(23)22-14-21-13(10-25-14)9-6-11-4-7-12(8-5-11)17(18,19)20/h4-10H,1-3H3,(H,21,22,23)/b9-6+. The molecule has 134 valence electrons. The molecule has 0 unspecified atom stereocenters. The number of alkyl halides is 3. The van der Waals surface area contributed by atoms with E-state index in [0.29, 0.717) is 16.4 Å². The summed E-state index contributed by atoms with van der Waals surface area (Å²) < 4.78 is 42.7. The number of thiazole rings is 1. The highest BCUT2D eigenvalue weighted by Crippen LogP contribution is 2.29. The van der Waals surface area contributed by atoms with Gasteiger partial charge in [0.25, 0.3) is 0 Å². The van der Waals surface area contributed by atoms with Gasteiger partial charge in [0.1, 0.15) is 5.60 Å². The number of carbonyl (C=O) groups is 1. The lowest BCUT2D eigenvalue weighted by Crippen LogP contribution is -2.27. The SMILES string of the molecule is CC(C)(C)OC(=O)Nc1nc(/C=C/c2ccc(C(F)(F)F)cc2)cs1. The van der Waals surface area contributed by atoms with E-state index in [0.717, 1.165) is 12.1 Å². The van der Waals surface area contributed by atoms with Gasteiger partial charge in [0, 0.05) is 5.38 Å². The third kappa shape index (κ3) is 6.22. The molecule has 2 aromatic rings. The van der Waals surface area contributed by atoms with Gasteiger partial charge in [-0.25, -0.2) is 9.78 Å². The fourth-order valence-electron chi connectivity index (χ4n) is 1.78. The largest absolute Gasteiger partial charge is 0.444 e.